The lowest BCUT2D eigenvalue weighted by atomic mass is 10.2. The minimum atomic E-state index is -0.952. The van der Waals surface area contributed by atoms with E-state index in [1.54, 1.807) is 24.3 Å². The molecule has 92 valence electrons. The quantitative estimate of drug-likeness (QED) is 0.627. The van der Waals surface area contributed by atoms with Crippen LogP contribution in [0.2, 0.25) is 0 Å². The summed E-state index contributed by atoms with van der Waals surface area (Å²) in [5.74, 6) is -0.952. The van der Waals surface area contributed by atoms with Crippen LogP contribution in [0, 0.1) is 0 Å². The average molecular weight is 241 g/mol. The van der Waals surface area contributed by atoms with Gasteiger partial charge in [0.1, 0.15) is 0 Å². The van der Waals surface area contributed by atoms with Crippen LogP contribution in [0.15, 0.2) is 66.7 Å². The van der Waals surface area contributed by atoms with Gasteiger partial charge in [-0.05, 0) is 23.8 Å². The molecule has 0 radical (unpaired) electrons. The monoisotopic (exact) mass is 241 g/mol. The summed E-state index contributed by atoms with van der Waals surface area (Å²) in [4.78, 5) is 10.1. The molecule has 0 atom stereocenters. The molecule has 3 N–H and O–H groups in total. The summed E-state index contributed by atoms with van der Waals surface area (Å²) in [7, 11) is 0. The van der Waals surface area contributed by atoms with Gasteiger partial charge in [-0.3, -0.25) is 0 Å². The molecule has 0 heterocycles. The third-order valence-electron chi connectivity index (χ3n) is 2.02. The first kappa shape index (κ1) is 13.5. The SMILES string of the molecule is Nc1ccc(C=CC(=O)O)cc1.c1ccccc1. The minimum absolute atomic E-state index is 0.669. The number of carbonyl (C=O) groups is 1. The molecule has 0 bridgehead atoms. The molecule has 0 unspecified atom stereocenters. The summed E-state index contributed by atoms with van der Waals surface area (Å²) < 4.78 is 0. The molecule has 2 aromatic rings. The first-order chi connectivity index (χ1) is 8.68. The lowest BCUT2D eigenvalue weighted by molar-refractivity contribution is -0.131. The van der Waals surface area contributed by atoms with E-state index in [0.717, 1.165) is 11.6 Å². The van der Waals surface area contributed by atoms with E-state index in [1.807, 2.05) is 36.4 Å². The number of carboxylic acids is 1. The van der Waals surface area contributed by atoms with E-state index in [1.165, 1.54) is 6.08 Å². The number of nitrogen functional groups attached to an aromatic ring is 1. The molecule has 3 heteroatoms. The van der Waals surface area contributed by atoms with E-state index in [9.17, 15) is 4.79 Å². The van der Waals surface area contributed by atoms with Gasteiger partial charge < -0.3 is 10.8 Å². The number of nitrogens with two attached hydrogens (primary N) is 1. The highest BCUT2D eigenvalue weighted by atomic mass is 16.4. The molecule has 18 heavy (non-hydrogen) atoms. The van der Waals surface area contributed by atoms with Crippen LogP contribution in [0.4, 0.5) is 5.69 Å². The second-order valence-corrected chi connectivity index (χ2v) is 3.49. The number of aliphatic carboxylic acids is 1. The highest BCUT2D eigenvalue weighted by Gasteiger charge is 1.88. The van der Waals surface area contributed by atoms with E-state index < -0.39 is 5.97 Å². The Kier molecular flexibility index (Phi) is 5.77. The van der Waals surface area contributed by atoms with Crippen LogP contribution in [0.5, 0.6) is 0 Å². The Hall–Kier alpha value is -2.55. The molecule has 0 fully saturated rings. The lowest BCUT2D eigenvalue weighted by Crippen LogP contribution is -1.86. The molecule has 0 saturated carbocycles. The van der Waals surface area contributed by atoms with Crippen LogP contribution >= 0.6 is 0 Å². The molecule has 0 aromatic heterocycles. The fourth-order valence-corrected chi connectivity index (χ4v) is 1.16. The van der Waals surface area contributed by atoms with Crippen molar-refractivity contribution in [3.63, 3.8) is 0 Å². The molecule has 0 saturated heterocycles. The minimum Gasteiger partial charge on any atom is -0.478 e. The maximum atomic E-state index is 10.1. The first-order valence-corrected chi connectivity index (χ1v) is 5.45. The van der Waals surface area contributed by atoms with Crippen molar-refractivity contribution in [1.29, 1.82) is 0 Å². The van der Waals surface area contributed by atoms with Gasteiger partial charge in [-0.2, -0.15) is 0 Å². The predicted molar refractivity (Wildman–Crippen MR) is 74.0 cm³/mol. The van der Waals surface area contributed by atoms with Gasteiger partial charge in [0.2, 0.25) is 0 Å². The van der Waals surface area contributed by atoms with Gasteiger partial charge in [0.15, 0.2) is 0 Å². The van der Waals surface area contributed by atoms with Crippen molar-refractivity contribution in [2.24, 2.45) is 0 Å². The molecule has 0 spiro atoms. The maximum Gasteiger partial charge on any atom is 0.328 e. The Morgan fingerprint density at radius 3 is 1.78 bits per heavy atom. The zero-order chi connectivity index (χ0) is 13.2. The van der Waals surface area contributed by atoms with Crippen molar-refractivity contribution < 1.29 is 9.90 Å². The Balaban J connectivity index is 0.000000225. The third kappa shape index (κ3) is 6.12. The number of carboxylic acid groups (broad SMARTS) is 1. The van der Waals surface area contributed by atoms with Gasteiger partial charge in [-0.25, -0.2) is 4.79 Å². The third-order valence-corrected chi connectivity index (χ3v) is 2.02. The van der Waals surface area contributed by atoms with E-state index in [2.05, 4.69) is 0 Å². The molecule has 0 amide bonds. The lowest BCUT2D eigenvalue weighted by Gasteiger charge is -1.92. The Morgan fingerprint density at radius 1 is 0.944 bits per heavy atom. The summed E-state index contributed by atoms with van der Waals surface area (Å²) in [5.41, 5.74) is 6.94. The van der Waals surface area contributed by atoms with Crippen LogP contribution < -0.4 is 5.73 Å². The van der Waals surface area contributed by atoms with Crippen LogP contribution in [0.25, 0.3) is 6.08 Å². The molecule has 2 aromatic carbocycles. The van der Waals surface area contributed by atoms with Gasteiger partial charge in [0.05, 0.1) is 0 Å². The Bertz CT molecular complexity index is 463. The second kappa shape index (κ2) is 7.68. The Labute approximate surface area is 106 Å². The molecule has 2 rings (SSSR count). The van der Waals surface area contributed by atoms with Crippen LogP contribution in [0.1, 0.15) is 5.56 Å². The fourth-order valence-electron chi connectivity index (χ4n) is 1.16. The number of hydrogen-bond donors (Lipinski definition) is 2. The van der Waals surface area contributed by atoms with Gasteiger partial charge in [0, 0.05) is 11.8 Å². The van der Waals surface area contributed by atoms with Crippen molar-refractivity contribution in [2.75, 3.05) is 5.73 Å². The van der Waals surface area contributed by atoms with Gasteiger partial charge in [-0.15, -0.1) is 0 Å². The zero-order valence-corrected chi connectivity index (χ0v) is 9.86. The largest absolute Gasteiger partial charge is 0.478 e. The highest BCUT2D eigenvalue weighted by molar-refractivity contribution is 5.85. The average Bonchev–Trinajstić information content (AvgIpc) is 2.41. The van der Waals surface area contributed by atoms with Crippen molar-refractivity contribution >= 4 is 17.7 Å². The number of anilines is 1. The molecule has 0 aliphatic heterocycles. The first-order valence-electron chi connectivity index (χ1n) is 5.45. The predicted octanol–water partition coefficient (Wildman–Crippen LogP) is 3.05. The van der Waals surface area contributed by atoms with E-state index in [0.29, 0.717) is 5.69 Å². The van der Waals surface area contributed by atoms with Crippen LogP contribution in [0.3, 0.4) is 0 Å². The van der Waals surface area contributed by atoms with Gasteiger partial charge in [-0.1, -0.05) is 48.5 Å². The molecular formula is C15H15NO2. The van der Waals surface area contributed by atoms with Crippen LogP contribution in [-0.4, -0.2) is 11.1 Å². The van der Waals surface area contributed by atoms with Gasteiger partial charge in [0.25, 0.3) is 0 Å². The standard InChI is InChI=1S/C9H9NO2.C6H6/c10-8-4-1-7(2-5-8)3-6-9(11)12;1-2-4-6-5-3-1/h1-6H,10H2,(H,11,12);1-6H. The van der Waals surface area contributed by atoms with E-state index >= 15 is 0 Å². The van der Waals surface area contributed by atoms with Gasteiger partial charge >= 0.3 is 5.97 Å². The van der Waals surface area contributed by atoms with Crippen molar-refractivity contribution in [1.82, 2.24) is 0 Å². The maximum absolute atomic E-state index is 10.1. The molecule has 0 aliphatic rings. The van der Waals surface area contributed by atoms with Crippen molar-refractivity contribution in [3.8, 4) is 0 Å². The second-order valence-electron chi connectivity index (χ2n) is 3.49. The summed E-state index contributed by atoms with van der Waals surface area (Å²) in [5, 5.41) is 8.32. The number of rotatable bonds is 2. The van der Waals surface area contributed by atoms with Crippen LogP contribution in [-0.2, 0) is 4.79 Å². The van der Waals surface area contributed by atoms with E-state index in [-0.39, 0.29) is 0 Å². The van der Waals surface area contributed by atoms with Crippen molar-refractivity contribution in [2.45, 2.75) is 0 Å². The smallest absolute Gasteiger partial charge is 0.328 e. The fraction of sp³-hybridized carbons (Fsp3) is 0. The summed E-state index contributed by atoms with van der Waals surface area (Å²) >= 11 is 0. The number of benzene rings is 2. The molecule has 3 nitrogen and oxygen atoms in total. The Morgan fingerprint density at radius 2 is 1.39 bits per heavy atom. The normalized spacial score (nSPS) is 9.56. The topological polar surface area (TPSA) is 63.3 Å². The molecule has 0 aliphatic carbocycles. The summed E-state index contributed by atoms with van der Waals surface area (Å²) in [6, 6.07) is 19.0. The highest BCUT2D eigenvalue weighted by Crippen LogP contribution is 2.06. The zero-order valence-electron chi connectivity index (χ0n) is 9.86. The summed E-state index contributed by atoms with van der Waals surface area (Å²) in [6.45, 7) is 0. The summed E-state index contributed by atoms with van der Waals surface area (Å²) in [6.07, 6.45) is 2.60. The van der Waals surface area contributed by atoms with E-state index in [4.69, 9.17) is 10.8 Å². The van der Waals surface area contributed by atoms with Crippen molar-refractivity contribution in [3.05, 3.63) is 72.3 Å². The number of hydrogen-bond acceptors (Lipinski definition) is 2. The molecular weight excluding hydrogens is 226 g/mol.